The van der Waals surface area contributed by atoms with Crippen molar-refractivity contribution in [3.8, 4) is 0 Å². The molecule has 50 valence electrons. The Bertz CT molecular complexity index is 189. The summed E-state index contributed by atoms with van der Waals surface area (Å²) in [5.74, 6) is 2.26. The van der Waals surface area contributed by atoms with Crippen LogP contribution < -0.4 is 0 Å². The van der Waals surface area contributed by atoms with Gasteiger partial charge < -0.3 is 0 Å². The van der Waals surface area contributed by atoms with E-state index in [2.05, 4.69) is 6.92 Å². The number of hydrogen-bond acceptors (Lipinski definition) is 1. The Morgan fingerprint density at radius 2 is 2.33 bits per heavy atom. The molecular weight excluding hydrogens is 128 g/mol. The molecule has 3 aliphatic carbocycles. The lowest BCUT2D eigenvalue weighted by Crippen LogP contribution is -2.10. The molecule has 1 spiro atoms. The molecule has 0 aliphatic heterocycles. The second kappa shape index (κ2) is 0.990. The van der Waals surface area contributed by atoms with Crippen LogP contribution in [0.3, 0.4) is 0 Å². The molecule has 4 atom stereocenters. The fourth-order valence-corrected chi connectivity index (χ4v) is 4.02. The van der Waals surface area contributed by atoms with E-state index >= 15 is 0 Å². The average molecular weight is 140 g/mol. The first-order chi connectivity index (χ1) is 4.27. The molecule has 0 N–H and O–H groups in total. The van der Waals surface area contributed by atoms with Gasteiger partial charge in [-0.05, 0) is 30.1 Å². The molecular formula is C8H12S. The molecule has 9 heavy (non-hydrogen) atoms. The molecule has 4 unspecified atom stereocenters. The van der Waals surface area contributed by atoms with Gasteiger partial charge in [-0.25, -0.2) is 0 Å². The van der Waals surface area contributed by atoms with Gasteiger partial charge in [-0.2, -0.15) is 12.6 Å². The molecule has 0 amide bonds. The Hall–Kier alpha value is 0.350. The largest absolute Gasteiger partial charge is 0.172 e. The normalized spacial score (nSPS) is 72.7. The summed E-state index contributed by atoms with van der Waals surface area (Å²) in [6.07, 6.45) is 4.23. The predicted octanol–water partition coefficient (Wildman–Crippen LogP) is 2.10. The first kappa shape index (κ1) is 5.06. The van der Waals surface area contributed by atoms with Gasteiger partial charge in [0.05, 0.1) is 0 Å². The lowest BCUT2D eigenvalue weighted by molar-refractivity contribution is 0.597. The Morgan fingerprint density at radius 1 is 1.67 bits per heavy atom. The summed E-state index contributed by atoms with van der Waals surface area (Å²) >= 11 is 4.72. The summed E-state index contributed by atoms with van der Waals surface area (Å²) in [6, 6.07) is 0. The lowest BCUT2D eigenvalue weighted by atomic mass is 10.1. The van der Waals surface area contributed by atoms with Crippen LogP contribution in [0, 0.1) is 17.3 Å². The van der Waals surface area contributed by atoms with Crippen LogP contribution in [0.25, 0.3) is 0 Å². The topological polar surface area (TPSA) is 0 Å². The minimum absolute atomic E-state index is 0.562. The highest BCUT2D eigenvalue weighted by Crippen LogP contribution is 3.04. The van der Waals surface area contributed by atoms with Crippen LogP contribution in [0.1, 0.15) is 26.2 Å². The SMILES string of the molecule is CCCC1(S)C2C3CC321. The zero-order valence-electron chi connectivity index (χ0n) is 5.72. The maximum absolute atomic E-state index is 4.72. The Morgan fingerprint density at radius 3 is 2.67 bits per heavy atom. The van der Waals surface area contributed by atoms with Crippen LogP contribution in [0.15, 0.2) is 0 Å². The van der Waals surface area contributed by atoms with Gasteiger partial charge in [0.25, 0.3) is 0 Å². The van der Waals surface area contributed by atoms with Gasteiger partial charge in [-0.15, -0.1) is 0 Å². The monoisotopic (exact) mass is 140 g/mol. The molecule has 3 fully saturated rings. The minimum atomic E-state index is 0.562. The Balaban J connectivity index is 1.79. The minimum Gasteiger partial charge on any atom is -0.172 e. The molecule has 1 heteroatoms. The third kappa shape index (κ3) is 0.285. The Kier molecular flexibility index (Phi) is 0.556. The summed E-state index contributed by atoms with van der Waals surface area (Å²) in [4.78, 5) is 0. The smallest absolute Gasteiger partial charge is 0.0229 e. The zero-order chi connectivity index (χ0) is 6.28. The van der Waals surface area contributed by atoms with Crippen LogP contribution in [-0.4, -0.2) is 4.75 Å². The van der Waals surface area contributed by atoms with Crippen molar-refractivity contribution in [2.45, 2.75) is 30.9 Å². The summed E-state index contributed by atoms with van der Waals surface area (Å²) in [5, 5.41) is 0. The van der Waals surface area contributed by atoms with E-state index in [9.17, 15) is 0 Å². The standard InChI is InChI=1S/C8H12S/c1-2-3-8(9)6-5-4-7(5,6)8/h5-6,9H,2-4H2,1H3. The molecule has 0 heterocycles. The van der Waals surface area contributed by atoms with Gasteiger partial charge in [0.15, 0.2) is 0 Å². The number of thiol groups is 1. The summed E-state index contributed by atoms with van der Waals surface area (Å²) < 4.78 is 0.562. The number of rotatable bonds is 2. The highest BCUT2D eigenvalue weighted by molar-refractivity contribution is 7.82. The Labute approximate surface area is 61.4 Å². The van der Waals surface area contributed by atoms with Crippen molar-refractivity contribution in [1.29, 1.82) is 0 Å². The number of hydrogen-bond donors (Lipinski definition) is 1. The van der Waals surface area contributed by atoms with E-state index in [4.69, 9.17) is 12.6 Å². The van der Waals surface area contributed by atoms with Crippen LogP contribution in [0.5, 0.6) is 0 Å². The second-order valence-electron chi connectivity index (χ2n) is 4.00. The van der Waals surface area contributed by atoms with Gasteiger partial charge in [-0.1, -0.05) is 13.3 Å². The van der Waals surface area contributed by atoms with E-state index in [1.807, 2.05) is 0 Å². The third-order valence-electron chi connectivity index (χ3n) is 3.78. The number of fused-ring (bicyclic) bond motifs is 1. The highest BCUT2D eigenvalue weighted by Gasteiger charge is 3.03. The fourth-order valence-electron chi connectivity index (χ4n) is 3.05. The molecule has 3 aliphatic rings. The zero-order valence-corrected chi connectivity index (χ0v) is 6.62. The van der Waals surface area contributed by atoms with Crippen LogP contribution in [-0.2, 0) is 0 Å². The quantitative estimate of drug-likeness (QED) is 0.558. The van der Waals surface area contributed by atoms with E-state index in [-0.39, 0.29) is 0 Å². The predicted molar refractivity (Wildman–Crippen MR) is 40.7 cm³/mol. The molecule has 0 radical (unpaired) electrons. The van der Waals surface area contributed by atoms with Crippen molar-refractivity contribution in [2.24, 2.45) is 17.3 Å². The highest BCUT2D eigenvalue weighted by atomic mass is 32.1. The third-order valence-corrected chi connectivity index (χ3v) is 4.69. The van der Waals surface area contributed by atoms with Crippen molar-refractivity contribution >= 4 is 12.6 Å². The van der Waals surface area contributed by atoms with Crippen LogP contribution in [0.4, 0.5) is 0 Å². The van der Waals surface area contributed by atoms with Gasteiger partial charge in [0, 0.05) is 4.75 Å². The van der Waals surface area contributed by atoms with Crippen molar-refractivity contribution in [3.05, 3.63) is 0 Å². The van der Waals surface area contributed by atoms with Crippen molar-refractivity contribution < 1.29 is 0 Å². The molecule has 0 bridgehead atoms. The lowest BCUT2D eigenvalue weighted by Gasteiger charge is -2.12. The van der Waals surface area contributed by atoms with E-state index in [0.29, 0.717) is 4.75 Å². The molecule has 0 aromatic rings. The first-order valence-electron chi connectivity index (χ1n) is 4.00. The summed E-state index contributed by atoms with van der Waals surface area (Å²) in [7, 11) is 0. The van der Waals surface area contributed by atoms with Crippen molar-refractivity contribution in [2.75, 3.05) is 0 Å². The van der Waals surface area contributed by atoms with Crippen molar-refractivity contribution in [3.63, 3.8) is 0 Å². The second-order valence-corrected chi connectivity index (χ2v) is 4.80. The fraction of sp³-hybridized carbons (Fsp3) is 1.00. The average Bonchev–Trinajstić information content (AvgIpc) is 2.49. The van der Waals surface area contributed by atoms with E-state index < -0.39 is 0 Å². The van der Waals surface area contributed by atoms with Crippen molar-refractivity contribution in [1.82, 2.24) is 0 Å². The van der Waals surface area contributed by atoms with Gasteiger partial charge in [0.1, 0.15) is 0 Å². The van der Waals surface area contributed by atoms with E-state index in [1.165, 1.54) is 25.2 Å². The van der Waals surface area contributed by atoms with Gasteiger partial charge in [0.2, 0.25) is 0 Å². The maximum Gasteiger partial charge on any atom is 0.0229 e. The molecule has 0 saturated heterocycles. The molecule has 3 rings (SSSR count). The van der Waals surface area contributed by atoms with E-state index in [0.717, 1.165) is 11.3 Å². The molecule has 0 nitrogen and oxygen atoms in total. The molecule has 0 aromatic carbocycles. The molecule has 0 aromatic heterocycles. The summed E-state index contributed by atoms with van der Waals surface area (Å²) in [6.45, 7) is 2.27. The van der Waals surface area contributed by atoms with Crippen LogP contribution >= 0.6 is 12.6 Å². The molecule has 3 saturated carbocycles. The van der Waals surface area contributed by atoms with E-state index in [1.54, 1.807) is 0 Å². The maximum atomic E-state index is 4.72. The first-order valence-corrected chi connectivity index (χ1v) is 4.44. The van der Waals surface area contributed by atoms with Gasteiger partial charge >= 0.3 is 0 Å². The van der Waals surface area contributed by atoms with Crippen LogP contribution in [0.2, 0.25) is 0 Å². The van der Waals surface area contributed by atoms with Gasteiger partial charge in [-0.3, -0.25) is 0 Å². The summed E-state index contributed by atoms with van der Waals surface area (Å²) in [5.41, 5.74) is 0.853.